The van der Waals surface area contributed by atoms with Gasteiger partial charge in [-0.1, -0.05) is 18.2 Å². The zero-order valence-electron chi connectivity index (χ0n) is 9.34. The largest absolute Gasteiger partial charge is 0.351 e. The molecule has 0 bridgehead atoms. The zero-order chi connectivity index (χ0) is 13.4. The monoisotopic (exact) mass is 248 g/mol. The van der Waals surface area contributed by atoms with E-state index < -0.39 is 11.7 Å². The first-order valence-electron chi connectivity index (χ1n) is 4.97. The quantitative estimate of drug-likeness (QED) is 0.578. The minimum atomic E-state index is -0.536. The number of hydrogen-bond acceptors (Lipinski definition) is 3. The summed E-state index contributed by atoms with van der Waals surface area (Å²) in [5.41, 5.74) is 4.74. The van der Waals surface area contributed by atoms with Crippen LogP contribution in [0.2, 0.25) is 0 Å². The zero-order valence-corrected chi connectivity index (χ0v) is 9.34. The maximum atomic E-state index is 10.3. The Morgan fingerprint density at radius 1 is 1.11 bits per heavy atom. The van der Waals surface area contributed by atoms with Crippen molar-refractivity contribution in [3.8, 4) is 0 Å². The van der Waals surface area contributed by atoms with E-state index in [-0.39, 0.29) is 5.56 Å². The van der Waals surface area contributed by atoms with E-state index in [0.29, 0.717) is 0 Å². The van der Waals surface area contributed by atoms with Gasteiger partial charge in [-0.05, 0) is 12.1 Å². The SMILES string of the molecule is NC(=O)Nc1ccccc1.O=c1cc[nH]c(=O)[nH]1. The van der Waals surface area contributed by atoms with Crippen molar-refractivity contribution >= 4 is 11.7 Å². The third-order valence-corrected chi connectivity index (χ3v) is 1.73. The first-order valence-corrected chi connectivity index (χ1v) is 4.97. The van der Waals surface area contributed by atoms with Gasteiger partial charge in [-0.15, -0.1) is 0 Å². The van der Waals surface area contributed by atoms with Crippen molar-refractivity contribution in [1.29, 1.82) is 0 Å². The number of nitrogens with one attached hydrogen (secondary N) is 3. The molecule has 0 aliphatic rings. The summed E-state index contributed by atoms with van der Waals surface area (Å²) in [6.07, 6.45) is 1.29. The molecule has 2 aromatic rings. The van der Waals surface area contributed by atoms with E-state index in [9.17, 15) is 14.4 Å². The second kappa shape index (κ2) is 6.69. The molecule has 2 rings (SSSR count). The predicted molar refractivity (Wildman–Crippen MR) is 67.3 cm³/mol. The van der Waals surface area contributed by atoms with Crippen LogP contribution in [-0.2, 0) is 0 Å². The van der Waals surface area contributed by atoms with Crippen molar-refractivity contribution in [2.24, 2.45) is 5.73 Å². The van der Waals surface area contributed by atoms with Crippen molar-refractivity contribution in [2.45, 2.75) is 0 Å². The first-order chi connectivity index (χ1) is 8.58. The van der Waals surface area contributed by atoms with Crippen molar-refractivity contribution in [2.75, 3.05) is 5.32 Å². The first kappa shape index (κ1) is 13.2. The van der Waals surface area contributed by atoms with Crippen molar-refractivity contribution in [1.82, 2.24) is 9.97 Å². The van der Waals surface area contributed by atoms with Crippen LogP contribution in [0.25, 0.3) is 0 Å². The molecule has 0 unspecified atom stereocenters. The van der Waals surface area contributed by atoms with E-state index in [1.165, 1.54) is 12.3 Å². The molecule has 0 saturated heterocycles. The number of urea groups is 1. The average Bonchev–Trinajstić information content (AvgIpc) is 2.30. The standard InChI is InChI=1S/C7H8N2O.C4H4N2O2/c8-7(10)9-6-4-2-1-3-5-6;7-3-1-2-5-4(8)6-3/h1-5H,(H3,8,9,10);1-2H,(H2,5,6,7,8). The van der Waals surface area contributed by atoms with Crippen molar-refractivity contribution in [3.05, 3.63) is 63.4 Å². The lowest BCUT2D eigenvalue weighted by Gasteiger charge is -1.97. The molecule has 7 nitrogen and oxygen atoms in total. The number of rotatable bonds is 1. The fourth-order valence-corrected chi connectivity index (χ4v) is 1.05. The van der Waals surface area contributed by atoms with Crippen LogP contribution in [-0.4, -0.2) is 16.0 Å². The van der Waals surface area contributed by atoms with Gasteiger partial charge in [0.2, 0.25) is 0 Å². The van der Waals surface area contributed by atoms with Crippen LogP contribution in [0.5, 0.6) is 0 Å². The third kappa shape index (κ3) is 5.31. The molecule has 5 N–H and O–H groups in total. The highest BCUT2D eigenvalue weighted by atomic mass is 16.2. The lowest BCUT2D eigenvalue weighted by molar-refractivity contribution is 0.259. The normalized spacial score (nSPS) is 8.89. The number of amides is 2. The number of nitrogens with two attached hydrogens (primary N) is 1. The Kier molecular flexibility index (Phi) is 4.92. The summed E-state index contributed by atoms with van der Waals surface area (Å²) < 4.78 is 0. The number of carbonyl (C=O) groups excluding carboxylic acids is 1. The van der Waals surface area contributed by atoms with Crippen LogP contribution in [0, 0.1) is 0 Å². The number of H-pyrrole nitrogens is 2. The maximum Gasteiger partial charge on any atom is 0.325 e. The third-order valence-electron chi connectivity index (χ3n) is 1.73. The predicted octanol–water partition coefficient (Wildman–Crippen LogP) is 0.240. The van der Waals surface area contributed by atoms with E-state index >= 15 is 0 Å². The molecule has 0 radical (unpaired) electrons. The van der Waals surface area contributed by atoms with Gasteiger partial charge in [-0.2, -0.15) is 0 Å². The Bertz CT molecular complexity index is 578. The molecule has 0 aliphatic heterocycles. The molecule has 0 spiro atoms. The Labute approximate surface area is 102 Å². The van der Waals surface area contributed by atoms with E-state index in [1.54, 1.807) is 12.1 Å². The highest BCUT2D eigenvalue weighted by Crippen LogP contribution is 2.03. The molecule has 18 heavy (non-hydrogen) atoms. The van der Waals surface area contributed by atoms with Crippen LogP contribution in [0.3, 0.4) is 0 Å². The topological polar surface area (TPSA) is 121 Å². The summed E-state index contributed by atoms with van der Waals surface area (Å²) in [6, 6.07) is 9.76. The summed E-state index contributed by atoms with van der Waals surface area (Å²) in [5.74, 6) is 0. The van der Waals surface area contributed by atoms with E-state index in [1.807, 2.05) is 23.2 Å². The molecular formula is C11H12N4O3. The molecular weight excluding hydrogens is 236 g/mol. The molecule has 7 heteroatoms. The van der Waals surface area contributed by atoms with Gasteiger partial charge >= 0.3 is 11.7 Å². The van der Waals surface area contributed by atoms with E-state index in [4.69, 9.17) is 5.73 Å². The van der Waals surface area contributed by atoms with Crippen LogP contribution in [0.15, 0.2) is 52.2 Å². The second-order valence-corrected chi connectivity index (χ2v) is 3.15. The van der Waals surface area contributed by atoms with Crippen LogP contribution in [0.1, 0.15) is 0 Å². The van der Waals surface area contributed by atoms with E-state index in [2.05, 4.69) is 10.3 Å². The highest BCUT2D eigenvalue weighted by molar-refractivity contribution is 5.87. The molecule has 1 heterocycles. The summed E-state index contributed by atoms with van der Waals surface area (Å²) in [4.78, 5) is 34.9. The lowest BCUT2D eigenvalue weighted by Crippen LogP contribution is -2.19. The molecule has 0 fully saturated rings. The number of carbonyl (C=O) groups is 1. The minimum Gasteiger partial charge on any atom is -0.351 e. The van der Waals surface area contributed by atoms with E-state index in [0.717, 1.165) is 5.69 Å². The maximum absolute atomic E-state index is 10.3. The molecule has 0 atom stereocenters. The van der Waals surface area contributed by atoms with Crippen LogP contribution < -0.4 is 22.3 Å². The Morgan fingerprint density at radius 2 is 1.78 bits per heavy atom. The molecule has 0 aliphatic carbocycles. The Hall–Kier alpha value is -2.83. The second-order valence-electron chi connectivity index (χ2n) is 3.15. The number of primary amides is 1. The average molecular weight is 248 g/mol. The molecule has 1 aromatic carbocycles. The highest BCUT2D eigenvalue weighted by Gasteiger charge is 1.90. The molecule has 94 valence electrons. The van der Waals surface area contributed by atoms with Gasteiger partial charge in [-0.25, -0.2) is 9.59 Å². The number of anilines is 1. The van der Waals surface area contributed by atoms with Crippen LogP contribution in [0.4, 0.5) is 10.5 Å². The van der Waals surface area contributed by atoms with Crippen LogP contribution >= 0.6 is 0 Å². The molecule has 1 aromatic heterocycles. The summed E-state index contributed by atoms with van der Waals surface area (Å²) in [7, 11) is 0. The van der Waals surface area contributed by atoms with Gasteiger partial charge < -0.3 is 16.0 Å². The minimum absolute atomic E-state index is 0.381. The fraction of sp³-hybridized carbons (Fsp3) is 0. The Morgan fingerprint density at radius 3 is 2.22 bits per heavy atom. The lowest BCUT2D eigenvalue weighted by atomic mass is 10.3. The Balaban J connectivity index is 0.000000184. The fourth-order valence-electron chi connectivity index (χ4n) is 1.05. The van der Waals surface area contributed by atoms with Gasteiger partial charge in [0.15, 0.2) is 0 Å². The number of aromatic amines is 2. The van der Waals surface area contributed by atoms with Gasteiger partial charge in [0.05, 0.1) is 0 Å². The van der Waals surface area contributed by atoms with Crippen molar-refractivity contribution in [3.63, 3.8) is 0 Å². The van der Waals surface area contributed by atoms with Crippen molar-refractivity contribution < 1.29 is 4.79 Å². The molecule has 0 saturated carbocycles. The smallest absolute Gasteiger partial charge is 0.325 e. The number of benzene rings is 1. The van der Waals surface area contributed by atoms with Gasteiger partial charge in [0, 0.05) is 18.0 Å². The summed E-state index contributed by atoms with van der Waals surface area (Å²) in [6.45, 7) is 0. The van der Waals surface area contributed by atoms with Gasteiger partial charge in [-0.3, -0.25) is 9.78 Å². The number of para-hydroxylation sites is 1. The van der Waals surface area contributed by atoms with Gasteiger partial charge in [0.25, 0.3) is 5.56 Å². The number of hydrogen-bond donors (Lipinski definition) is 4. The number of aromatic nitrogens is 2. The van der Waals surface area contributed by atoms with Gasteiger partial charge in [0.1, 0.15) is 0 Å². The summed E-state index contributed by atoms with van der Waals surface area (Å²) in [5, 5.41) is 2.44. The molecule has 2 amide bonds. The summed E-state index contributed by atoms with van der Waals surface area (Å²) >= 11 is 0.